The van der Waals surface area contributed by atoms with Crippen molar-refractivity contribution < 1.29 is 14.4 Å². The summed E-state index contributed by atoms with van der Waals surface area (Å²) in [6, 6.07) is 8.90. The molecule has 0 bridgehead atoms. The van der Waals surface area contributed by atoms with Crippen molar-refractivity contribution in [1.82, 2.24) is 15.2 Å². The van der Waals surface area contributed by atoms with Gasteiger partial charge in [-0.25, -0.2) is 4.79 Å². The van der Waals surface area contributed by atoms with E-state index in [1.54, 1.807) is 13.0 Å². The maximum absolute atomic E-state index is 13.0. The smallest absolute Gasteiger partial charge is 0.325 e. The third-order valence-corrected chi connectivity index (χ3v) is 5.17. The molecule has 0 radical (unpaired) electrons. The summed E-state index contributed by atoms with van der Waals surface area (Å²) in [4.78, 5) is 42.2. The number of aromatic nitrogens is 1. The molecule has 3 amide bonds. The molecule has 0 saturated carbocycles. The van der Waals surface area contributed by atoms with E-state index in [-0.39, 0.29) is 18.2 Å². The maximum atomic E-state index is 13.0. The Morgan fingerprint density at radius 1 is 1.24 bits per heavy atom. The number of rotatable bonds is 3. The van der Waals surface area contributed by atoms with Crippen LogP contribution in [-0.4, -0.2) is 34.2 Å². The van der Waals surface area contributed by atoms with Crippen LogP contribution in [0.5, 0.6) is 0 Å². The number of imide groups is 1. The van der Waals surface area contributed by atoms with Crippen molar-refractivity contribution in [3.8, 4) is 0 Å². The minimum absolute atomic E-state index is 0.242. The molecule has 1 aromatic carbocycles. The van der Waals surface area contributed by atoms with Gasteiger partial charge in [-0.05, 0) is 43.9 Å². The number of benzene rings is 1. The lowest BCUT2D eigenvalue weighted by atomic mass is 9.92. The number of amides is 3. The topological polar surface area (TPSA) is 82.3 Å². The third kappa shape index (κ3) is 2.21. The zero-order valence-corrected chi connectivity index (χ0v) is 14.2. The zero-order valence-electron chi connectivity index (χ0n) is 14.2. The van der Waals surface area contributed by atoms with E-state index in [9.17, 15) is 14.4 Å². The molecule has 1 aliphatic heterocycles. The zero-order chi connectivity index (χ0) is 17.8. The van der Waals surface area contributed by atoms with Crippen LogP contribution >= 0.6 is 0 Å². The number of aromatic amines is 1. The summed E-state index contributed by atoms with van der Waals surface area (Å²) in [5.74, 6) is -0.575. The van der Waals surface area contributed by atoms with Crippen LogP contribution in [0.1, 0.15) is 39.3 Å². The number of carbonyl (C=O) groups is 3. The second-order valence-corrected chi connectivity index (χ2v) is 6.80. The molecule has 2 aliphatic rings. The molecule has 1 fully saturated rings. The average molecular weight is 337 g/mol. The first kappa shape index (κ1) is 15.6. The summed E-state index contributed by atoms with van der Waals surface area (Å²) in [6.07, 6.45) is 1.27. The van der Waals surface area contributed by atoms with Gasteiger partial charge in [0.1, 0.15) is 5.54 Å². The molecule has 2 N–H and O–H groups in total. The fraction of sp³-hybridized carbons (Fsp3) is 0.316. The normalized spacial score (nSPS) is 21.8. The van der Waals surface area contributed by atoms with E-state index in [0.29, 0.717) is 12.0 Å². The first-order valence-corrected chi connectivity index (χ1v) is 8.34. The van der Waals surface area contributed by atoms with Crippen molar-refractivity contribution in [1.29, 1.82) is 0 Å². The number of nitrogens with one attached hydrogen (secondary N) is 2. The van der Waals surface area contributed by atoms with Crippen LogP contribution in [-0.2, 0) is 16.8 Å². The van der Waals surface area contributed by atoms with Gasteiger partial charge < -0.3 is 10.3 Å². The minimum atomic E-state index is -1.02. The molecule has 1 aromatic heterocycles. The Bertz CT molecular complexity index is 914. The molecular weight excluding hydrogens is 318 g/mol. The van der Waals surface area contributed by atoms with Gasteiger partial charge in [0.15, 0.2) is 5.78 Å². The van der Waals surface area contributed by atoms with Crippen molar-refractivity contribution in [3.05, 3.63) is 58.4 Å². The van der Waals surface area contributed by atoms with Crippen molar-refractivity contribution in [2.75, 3.05) is 6.54 Å². The van der Waals surface area contributed by atoms with Crippen molar-refractivity contribution >= 4 is 17.7 Å². The monoisotopic (exact) mass is 337 g/mol. The highest BCUT2D eigenvalue weighted by Crippen LogP contribution is 2.41. The van der Waals surface area contributed by atoms with Crippen molar-refractivity contribution in [2.24, 2.45) is 0 Å². The van der Waals surface area contributed by atoms with Gasteiger partial charge in [0, 0.05) is 17.0 Å². The SMILES string of the molecule is Cc1cc(C(=O)CN2C(=O)N[C@]3(CCc4ccccc43)C2=O)c(C)[nH]1. The van der Waals surface area contributed by atoms with Crippen LogP contribution in [0.25, 0.3) is 0 Å². The van der Waals surface area contributed by atoms with E-state index in [1.165, 1.54) is 0 Å². The Labute approximate surface area is 145 Å². The van der Waals surface area contributed by atoms with Gasteiger partial charge in [-0.2, -0.15) is 0 Å². The molecule has 128 valence electrons. The summed E-state index contributed by atoms with van der Waals surface area (Å²) < 4.78 is 0. The van der Waals surface area contributed by atoms with Gasteiger partial charge in [-0.15, -0.1) is 0 Å². The number of Topliss-reactive ketones (excluding diaryl/α,β-unsaturated/α-hetero) is 1. The molecule has 1 aliphatic carbocycles. The van der Waals surface area contributed by atoms with Crippen LogP contribution in [0.4, 0.5) is 4.79 Å². The third-order valence-electron chi connectivity index (χ3n) is 5.17. The second kappa shape index (κ2) is 5.31. The Balaban J connectivity index is 1.63. The lowest BCUT2D eigenvalue weighted by Crippen LogP contribution is -2.42. The van der Waals surface area contributed by atoms with E-state index in [2.05, 4.69) is 10.3 Å². The first-order valence-electron chi connectivity index (χ1n) is 8.34. The molecular formula is C19H19N3O3. The van der Waals surface area contributed by atoms with Crippen molar-refractivity contribution in [2.45, 2.75) is 32.2 Å². The predicted octanol–water partition coefficient (Wildman–Crippen LogP) is 2.21. The molecule has 1 saturated heterocycles. The first-order chi connectivity index (χ1) is 11.9. The summed E-state index contributed by atoms with van der Waals surface area (Å²) in [5.41, 5.74) is 3.04. The number of H-pyrrole nitrogens is 1. The Morgan fingerprint density at radius 2 is 2.00 bits per heavy atom. The van der Waals surface area contributed by atoms with Crippen LogP contribution in [0.3, 0.4) is 0 Å². The highest BCUT2D eigenvalue weighted by Gasteiger charge is 2.55. The van der Waals surface area contributed by atoms with Crippen LogP contribution < -0.4 is 5.32 Å². The Kier molecular flexibility index (Phi) is 3.32. The van der Waals surface area contributed by atoms with E-state index in [0.717, 1.165) is 33.8 Å². The maximum Gasteiger partial charge on any atom is 0.325 e. The van der Waals surface area contributed by atoms with Crippen LogP contribution in [0.15, 0.2) is 30.3 Å². The average Bonchev–Trinajstić information content (AvgIpc) is 3.19. The number of nitrogens with zero attached hydrogens (tertiary/aromatic N) is 1. The van der Waals surface area contributed by atoms with Gasteiger partial charge in [-0.1, -0.05) is 24.3 Å². The van der Waals surface area contributed by atoms with E-state index in [1.807, 2.05) is 31.2 Å². The highest BCUT2D eigenvalue weighted by atomic mass is 16.2. The predicted molar refractivity (Wildman–Crippen MR) is 91.3 cm³/mol. The van der Waals surface area contributed by atoms with E-state index < -0.39 is 11.6 Å². The Morgan fingerprint density at radius 3 is 2.72 bits per heavy atom. The van der Waals surface area contributed by atoms with Gasteiger partial charge in [0.05, 0.1) is 6.54 Å². The standard InChI is InChI=1S/C19H19N3O3/c1-11-9-14(12(2)20-11)16(23)10-22-17(24)19(21-18(22)25)8-7-13-5-3-4-6-15(13)19/h3-6,9,20H,7-8,10H2,1-2H3,(H,21,25)/t19-/m0/s1. The molecule has 2 heterocycles. The van der Waals surface area contributed by atoms with E-state index in [4.69, 9.17) is 0 Å². The molecule has 1 atom stereocenters. The summed E-state index contributed by atoms with van der Waals surface area (Å²) in [5, 5.41) is 2.84. The fourth-order valence-electron chi connectivity index (χ4n) is 3.98. The number of urea groups is 1. The van der Waals surface area contributed by atoms with Crippen molar-refractivity contribution in [3.63, 3.8) is 0 Å². The number of hydrogen-bond donors (Lipinski definition) is 2. The molecule has 6 nitrogen and oxygen atoms in total. The van der Waals surface area contributed by atoms with Crippen LogP contribution in [0, 0.1) is 13.8 Å². The number of aryl methyl sites for hydroxylation is 3. The minimum Gasteiger partial charge on any atom is -0.362 e. The molecule has 25 heavy (non-hydrogen) atoms. The van der Waals surface area contributed by atoms with Gasteiger partial charge >= 0.3 is 6.03 Å². The fourth-order valence-corrected chi connectivity index (χ4v) is 3.98. The lowest BCUT2D eigenvalue weighted by Gasteiger charge is -2.22. The molecule has 0 unspecified atom stereocenters. The van der Waals surface area contributed by atoms with Gasteiger partial charge in [-0.3, -0.25) is 14.5 Å². The number of ketones is 1. The number of hydrogen-bond acceptors (Lipinski definition) is 3. The lowest BCUT2D eigenvalue weighted by molar-refractivity contribution is -0.131. The quantitative estimate of drug-likeness (QED) is 0.665. The van der Waals surface area contributed by atoms with Crippen LogP contribution in [0.2, 0.25) is 0 Å². The number of fused-ring (bicyclic) bond motifs is 2. The summed E-state index contributed by atoms with van der Waals surface area (Å²) in [6.45, 7) is 3.43. The largest absolute Gasteiger partial charge is 0.362 e. The second-order valence-electron chi connectivity index (χ2n) is 6.80. The highest BCUT2D eigenvalue weighted by molar-refractivity contribution is 6.12. The molecule has 6 heteroatoms. The van der Waals surface area contributed by atoms with Gasteiger partial charge in [0.2, 0.25) is 0 Å². The molecule has 4 rings (SSSR count). The van der Waals surface area contributed by atoms with Gasteiger partial charge in [0.25, 0.3) is 5.91 Å². The summed E-state index contributed by atoms with van der Waals surface area (Å²) in [7, 11) is 0. The molecule has 1 spiro atoms. The number of carbonyl (C=O) groups excluding carboxylic acids is 3. The van der Waals surface area contributed by atoms with E-state index >= 15 is 0 Å². The summed E-state index contributed by atoms with van der Waals surface area (Å²) >= 11 is 0. The Hall–Kier alpha value is -2.89. The molecule has 2 aromatic rings.